The van der Waals surface area contributed by atoms with E-state index in [1.54, 1.807) is 11.3 Å². The molecule has 1 aliphatic heterocycles. The molecular formula is C16H26BrN3O2S. The summed E-state index contributed by atoms with van der Waals surface area (Å²) >= 11 is 5.19. The van der Waals surface area contributed by atoms with E-state index in [1.807, 2.05) is 0 Å². The highest BCUT2D eigenvalue weighted by Crippen LogP contribution is 2.20. The molecule has 0 bridgehead atoms. The van der Waals surface area contributed by atoms with E-state index < -0.39 is 0 Å². The van der Waals surface area contributed by atoms with Crippen LogP contribution in [-0.4, -0.2) is 45.5 Å². The Morgan fingerprint density at radius 2 is 2.43 bits per heavy atom. The number of aliphatic imine (C=N–C) groups is 1. The summed E-state index contributed by atoms with van der Waals surface area (Å²) < 4.78 is 12.2. The molecule has 0 aliphatic carbocycles. The Labute approximate surface area is 151 Å². The lowest BCUT2D eigenvalue weighted by Gasteiger charge is -2.12. The third-order valence-corrected chi connectivity index (χ3v) is 5.18. The zero-order chi connectivity index (χ0) is 16.3. The molecular weight excluding hydrogens is 378 g/mol. The minimum absolute atomic E-state index is 0.590. The molecule has 5 nitrogen and oxygen atoms in total. The Bertz CT molecular complexity index is 476. The monoisotopic (exact) mass is 403 g/mol. The van der Waals surface area contributed by atoms with E-state index in [9.17, 15) is 0 Å². The van der Waals surface area contributed by atoms with Crippen LogP contribution in [0.15, 0.2) is 20.9 Å². The molecule has 1 atom stereocenters. The number of halogens is 1. The number of ether oxygens (including phenoxy) is 2. The minimum atomic E-state index is 0.590. The average molecular weight is 404 g/mol. The van der Waals surface area contributed by atoms with Gasteiger partial charge >= 0.3 is 0 Å². The van der Waals surface area contributed by atoms with Crippen LogP contribution in [0.1, 0.15) is 24.6 Å². The molecule has 0 radical (unpaired) electrons. The molecule has 130 valence electrons. The summed E-state index contributed by atoms with van der Waals surface area (Å²) in [5.74, 6) is 1.45. The lowest BCUT2D eigenvalue weighted by molar-refractivity contribution is 0.0888. The van der Waals surface area contributed by atoms with Gasteiger partial charge in [-0.05, 0) is 41.8 Å². The standard InChI is InChI=1S/C16H26BrN3O2S/c1-2-18-16(20-9-15-8-14(17)12-23-15)19-5-3-6-21-10-13-4-7-22-11-13/h8,12-13H,2-7,9-11H2,1H3,(H2,18,19,20). The smallest absolute Gasteiger partial charge is 0.191 e. The van der Waals surface area contributed by atoms with Gasteiger partial charge < -0.3 is 20.1 Å². The highest BCUT2D eigenvalue weighted by Gasteiger charge is 2.15. The van der Waals surface area contributed by atoms with Gasteiger partial charge in [-0.3, -0.25) is 0 Å². The molecule has 2 heterocycles. The van der Waals surface area contributed by atoms with Gasteiger partial charge in [0.2, 0.25) is 0 Å². The van der Waals surface area contributed by atoms with Gasteiger partial charge in [-0.2, -0.15) is 0 Å². The first-order valence-corrected chi connectivity index (χ1v) is 9.85. The SMILES string of the molecule is CCNC(=NCc1cc(Br)cs1)NCCCOCC1CCOC1. The van der Waals surface area contributed by atoms with Gasteiger partial charge in [0, 0.05) is 47.0 Å². The van der Waals surface area contributed by atoms with Crippen LogP contribution in [0.3, 0.4) is 0 Å². The minimum Gasteiger partial charge on any atom is -0.381 e. The van der Waals surface area contributed by atoms with Crippen molar-refractivity contribution >= 4 is 33.2 Å². The predicted molar refractivity (Wildman–Crippen MR) is 99.2 cm³/mol. The van der Waals surface area contributed by atoms with Crippen molar-refractivity contribution in [1.82, 2.24) is 10.6 Å². The third-order valence-electron chi connectivity index (χ3n) is 3.49. The maximum absolute atomic E-state index is 5.71. The molecule has 1 saturated heterocycles. The summed E-state index contributed by atoms with van der Waals surface area (Å²) in [6, 6.07) is 2.11. The van der Waals surface area contributed by atoms with Crippen LogP contribution >= 0.6 is 27.3 Å². The lowest BCUT2D eigenvalue weighted by atomic mass is 10.1. The van der Waals surface area contributed by atoms with Gasteiger partial charge in [0.05, 0.1) is 19.8 Å². The van der Waals surface area contributed by atoms with Crippen molar-refractivity contribution in [3.05, 3.63) is 20.8 Å². The molecule has 1 aromatic heterocycles. The number of nitrogens with one attached hydrogen (secondary N) is 2. The first kappa shape index (κ1) is 18.7. The van der Waals surface area contributed by atoms with E-state index in [1.165, 1.54) is 4.88 Å². The summed E-state index contributed by atoms with van der Waals surface area (Å²) in [6.45, 7) is 7.84. The lowest BCUT2D eigenvalue weighted by Crippen LogP contribution is -2.38. The van der Waals surface area contributed by atoms with Crippen molar-refractivity contribution < 1.29 is 9.47 Å². The molecule has 0 spiro atoms. The van der Waals surface area contributed by atoms with Crippen molar-refractivity contribution in [2.45, 2.75) is 26.3 Å². The second-order valence-corrected chi connectivity index (χ2v) is 7.42. The largest absolute Gasteiger partial charge is 0.381 e. The number of rotatable bonds is 9. The quantitative estimate of drug-likeness (QED) is 0.378. The molecule has 1 unspecified atom stereocenters. The van der Waals surface area contributed by atoms with Crippen molar-refractivity contribution in [3.63, 3.8) is 0 Å². The molecule has 23 heavy (non-hydrogen) atoms. The first-order valence-electron chi connectivity index (χ1n) is 8.18. The van der Waals surface area contributed by atoms with Crippen molar-refractivity contribution in [3.8, 4) is 0 Å². The van der Waals surface area contributed by atoms with Crippen LogP contribution in [0, 0.1) is 5.92 Å². The fourth-order valence-electron chi connectivity index (χ4n) is 2.28. The Kier molecular flexibility index (Phi) is 8.96. The molecule has 0 amide bonds. The van der Waals surface area contributed by atoms with E-state index in [4.69, 9.17) is 9.47 Å². The van der Waals surface area contributed by atoms with Crippen molar-refractivity contribution in [2.75, 3.05) is 39.5 Å². The summed E-state index contributed by atoms with van der Waals surface area (Å²) in [4.78, 5) is 5.85. The second-order valence-electron chi connectivity index (χ2n) is 5.51. The fraction of sp³-hybridized carbons (Fsp3) is 0.688. The maximum atomic E-state index is 5.71. The zero-order valence-electron chi connectivity index (χ0n) is 13.6. The van der Waals surface area contributed by atoms with Gasteiger partial charge in [-0.1, -0.05) is 0 Å². The van der Waals surface area contributed by atoms with E-state index in [0.717, 1.165) is 62.8 Å². The maximum Gasteiger partial charge on any atom is 0.191 e. The highest BCUT2D eigenvalue weighted by atomic mass is 79.9. The van der Waals surface area contributed by atoms with E-state index in [2.05, 4.69) is 49.9 Å². The Morgan fingerprint density at radius 3 is 3.13 bits per heavy atom. The first-order chi connectivity index (χ1) is 11.3. The van der Waals surface area contributed by atoms with Crippen LogP contribution in [0.5, 0.6) is 0 Å². The summed E-state index contributed by atoms with van der Waals surface area (Å²) in [7, 11) is 0. The van der Waals surface area contributed by atoms with Gasteiger partial charge in [0.25, 0.3) is 0 Å². The Hall–Kier alpha value is -0.630. The molecule has 1 aliphatic rings. The number of thiophene rings is 1. The summed E-state index contributed by atoms with van der Waals surface area (Å²) in [6.07, 6.45) is 2.11. The number of nitrogens with zero attached hydrogens (tertiary/aromatic N) is 1. The predicted octanol–water partition coefficient (Wildman–Crippen LogP) is 3.01. The molecule has 2 rings (SSSR count). The molecule has 1 fully saturated rings. The van der Waals surface area contributed by atoms with E-state index in [-0.39, 0.29) is 0 Å². The third kappa shape index (κ3) is 7.65. The van der Waals surface area contributed by atoms with Gasteiger partial charge in [0.15, 0.2) is 5.96 Å². The van der Waals surface area contributed by atoms with Gasteiger partial charge in [-0.15, -0.1) is 11.3 Å². The molecule has 2 N–H and O–H groups in total. The average Bonchev–Trinajstić information content (AvgIpc) is 3.19. The van der Waals surface area contributed by atoms with Crippen LogP contribution in [-0.2, 0) is 16.0 Å². The zero-order valence-corrected chi connectivity index (χ0v) is 16.0. The number of guanidine groups is 1. The molecule has 0 aromatic carbocycles. The Morgan fingerprint density at radius 1 is 1.52 bits per heavy atom. The normalized spacial score (nSPS) is 18.3. The second kappa shape index (κ2) is 11.0. The molecule has 7 heteroatoms. The number of hydrogen-bond acceptors (Lipinski definition) is 4. The van der Waals surface area contributed by atoms with Crippen LogP contribution in [0.4, 0.5) is 0 Å². The summed E-state index contributed by atoms with van der Waals surface area (Å²) in [5.41, 5.74) is 0. The van der Waals surface area contributed by atoms with Crippen molar-refractivity contribution in [2.24, 2.45) is 10.9 Å². The number of hydrogen-bond donors (Lipinski definition) is 2. The van der Waals surface area contributed by atoms with Gasteiger partial charge in [0.1, 0.15) is 0 Å². The van der Waals surface area contributed by atoms with E-state index >= 15 is 0 Å². The van der Waals surface area contributed by atoms with Crippen LogP contribution in [0.2, 0.25) is 0 Å². The highest BCUT2D eigenvalue weighted by molar-refractivity contribution is 9.10. The van der Waals surface area contributed by atoms with Crippen LogP contribution in [0.25, 0.3) is 0 Å². The summed E-state index contributed by atoms with van der Waals surface area (Å²) in [5, 5.41) is 8.70. The molecule has 1 aromatic rings. The molecule has 0 saturated carbocycles. The Balaban J connectivity index is 1.59. The van der Waals surface area contributed by atoms with Crippen LogP contribution < -0.4 is 10.6 Å². The topological polar surface area (TPSA) is 54.9 Å². The van der Waals surface area contributed by atoms with Crippen molar-refractivity contribution in [1.29, 1.82) is 0 Å². The van der Waals surface area contributed by atoms with Gasteiger partial charge in [-0.25, -0.2) is 4.99 Å². The van der Waals surface area contributed by atoms with E-state index in [0.29, 0.717) is 12.5 Å². The fourth-order valence-corrected chi connectivity index (χ4v) is 3.66.